The first-order valence-electron chi connectivity index (χ1n) is 7.78. The number of rotatable bonds is 6. The van der Waals surface area contributed by atoms with E-state index in [9.17, 15) is 4.79 Å². The van der Waals surface area contributed by atoms with Gasteiger partial charge in [0.15, 0.2) is 5.78 Å². The van der Waals surface area contributed by atoms with Crippen molar-refractivity contribution in [1.29, 1.82) is 0 Å². The van der Waals surface area contributed by atoms with Crippen LogP contribution in [-0.4, -0.2) is 44.2 Å². The van der Waals surface area contributed by atoms with Gasteiger partial charge in [-0.15, -0.1) is 0 Å². The normalized spacial score (nSPS) is 25.6. The summed E-state index contributed by atoms with van der Waals surface area (Å²) in [7, 11) is 0. The SMILES string of the molecule is CC(=O)c1ccccc1OCCC[NH+]1C[C@@H](C)O[C@H](C)C1. The van der Waals surface area contributed by atoms with Gasteiger partial charge in [0.25, 0.3) is 0 Å². The Morgan fingerprint density at radius 3 is 2.62 bits per heavy atom. The van der Waals surface area contributed by atoms with Crippen LogP contribution in [0.3, 0.4) is 0 Å². The summed E-state index contributed by atoms with van der Waals surface area (Å²) in [5.41, 5.74) is 0.665. The number of carbonyl (C=O) groups is 1. The van der Waals surface area contributed by atoms with E-state index in [1.807, 2.05) is 24.3 Å². The van der Waals surface area contributed by atoms with Crippen molar-refractivity contribution in [2.75, 3.05) is 26.2 Å². The van der Waals surface area contributed by atoms with Crippen LogP contribution in [0.1, 0.15) is 37.6 Å². The molecule has 1 aliphatic rings. The molecule has 4 heteroatoms. The number of ether oxygens (including phenoxy) is 2. The third-order valence-electron chi connectivity index (χ3n) is 3.82. The van der Waals surface area contributed by atoms with Crippen molar-refractivity contribution >= 4 is 5.78 Å². The predicted molar refractivity (Wildman–Crippen MR) is 82.1 cm³/mol. The highest BCUT2D eigenvalue weighted by Crippen LogP contribution is 2.18. The minimum atomic E-state index is 0.0482. The molecule has 0 aliphatic carbocycles. The number of Topliss-reactive ketones (excluding diaryl/α,β-unsaturated/α-hetero) is 1. The molecule has 116 valence electrons. The summed E-state index contributed by atoms with van der Waals surface area (Å²) in [6.45, 7) is 9.70. The fraction of sp³-hybridized carbons (Fsp3) is 0.588. The van der Waals surface area contributed by atoms with Crippen LogP contribution in [0.15, 0.2) is 24.3 Å². The Morgan fingerprint density at radius 1 is 1.29 bits per heavy atom. The second-order valence-electron chi connectivity index (χ2n) is 5.92. The number of ketones is 1. The average molecular weight is 292 g/mol. The lowest BCUT2D eigenvalue weighted by molar-refractivity contribution is -0.915. The highest BCUT2D eigenvalue weighted by Gasteiger charge is 2.24. The van der Waals surface area contributed by atoms with Crippen LogP contribution in [0.2, 0.25) is 0 Å². The summed E-state index contributed by atoms with van der Waals surface area (Å²) < 4.78 is 11.5. The second kappa shape index (κ2) is 7.57. The van der Waals surface area contributed by atoms with Gasteiger partial charge in [0.05, 0.1) is 18.7 Å². The van der Waals surface area contributed by atoms with Crippen molar-refractivity contribution < 1.29 is 19.2 Å². The van der Waals surface area contributed by atoms with Crippen LogP contribution in [0, 0.1) is 0 Å². The number of carbonyl (C=O) groups excluding carboxylic acids is 1. The van der Waals surface area contributed by atoms with Crippen LogP contribution in [0.25, 0.3) is 0 Å². The molecule has 1 aliphatic heterocycles. The van der Waals surface area contributed by atoms with Gasteiger partial charge in [0.1, 0.15) is 31.0 Å². The van der Waals surface area contributed by atoms with E-state index in [-0.39, 0.29) is 5.78 Å². The smallest absolute Gasteiger partial charge is 0.163 e. The highest BCUT2D eigenvalue weighted by molar-refractivity contribution is 5.96. The summed E-state index contributed by atoms with van der Waals surface area (Å²) in [5.74, 6) is 0.746. The molecule has 2 rings (SSSR count). The van der Waals surface area contributed by atoms with E-state index in [4.69, 9.17) is 9.47 Å². The standard InChI is InChI=1S/C17H25NO3/c1-13-11-18(12-14(2)21-13)9-6-10-20-17-8-5-4-7-16(17)15(3)19/h4-5,7-8,13-14H,6,9-12H2,1-3H3/p+1/t13-,14-/m1/s1. The third kappa shape index (κ3) is 4.83. The summed E-state index contributed by atoms with van der Waals surface area (Å²) in [6, 6.07) is 7.44. The molecule has 0 aromatic heterocycles. The van der Waals surface area contributed by atoms with E-state index < -0.39 is 0 Å². The van der Waals surface area contributed by atoms with Crippen LogP contribution in [0.5, 0.6) is 5.75 Å². The number of nitrogens with one attached hydrogen (secondary N) is 1. The van der Waals surface area contributed by atoms with Gasteiger partial charge in [-0.05, 0) is 32.9 Å². The van der Waals surface area contributed by atoms with E-state index in [1.54, 1.807) is 11.8 Å². The first-order valence-corrected chi connectivity index (χ1v) is 7.78. The van der Waals surface area contributed by atoms with E-state index in [1.165, 1.54) is 0 Å². The summed E-state index contributed by atoms with van der Waals surface area (Å²) in [5, 5.41) is 0. The monoisotopic (exact) mass is 292 g/mol. The maximum atomic E-state index is 11.5. The van der Waals surface area contributed by atoms with Crippen molar-refractivity contribution in [1.82, 2.24) is 0 Å². The van der Waals surface area contributed by atoms with E-state index >= 15 is 0 Å². The summed E-state index contributed by atoms with van der Waals surface area (Å²) in [6.07, 6.45) is 1.66. The Labute approximate surface area is 127 Å². The maximum absolute atomic E-state index is 11.5. The molecule has 1 fully saturated rings. The van der Waals surface area contributed by atoms with Gasteiger partial charge in [-0.2, -0.15) is 0 Å². The van der Waals surface area contributed by atoms with Gasteiger partial charge in [-0.25, -0.2) is 0 Å². The Morgan fingerprint density at radius 2 is 1.95 bits per heavy atom. The molecule has 1 saturated heterocycles. The lowest BCUT2D eigenvalue weighted by atomic mass is 10.1. The number of morpholine rings is 1. The largest absolute Gasteiger partial charge is 0.493 e. The Balaban J connectivity index is 1.76. The van der Waals surface area contributed by atoms with Gasteiger partial charge in [-0.1, -0.05) is 12.1 Å². The lowest BCUT2D eigenvalue weighted by Crippen LogP contribution is -3.15. The maximum Gasteiger partial charge on any atom is 0.163 e. The van der Waals surface area contributed by atoms with Crippen LogP contribution in [0.4, 0.5) is 0 Å². The van der Waals surface area contributed by atoms with Gasteiger partial charge in [-0.3, -0.25) is 4.79 Å². The molecule has 0 radical (unpaired) electrons. The first-order chi connectivity index (χ1) is 10.1. The molecule has 0 unspecified atom stereocenters. The van der Waals surface area contributed by atoms with E-state index in [0.29, 0.717) is 30.1 Å². The van der Waals surface area contributed by atoms with Gasteiger partial charge in [0.2, 0.25) is 0 Å². The van der Waals surface area contributed by atoms with E-state index in [0.717, 1.165) is 26.1 Å². The second-order valence-corrected chi connectivity index (χ2v) is 5.92. The fourth-order valence-corrected chi connectivity index (χ4v) is 2.98. The Bertz CT molecular complexity index is 465. The fourth-order valence-electron chi connectivity index (χ4n) is 2.98. The number of hydrogen-bond acceptors (Lipinski definition) is 3. The minimum Gasteiger partial charge on any atom is -0.493 e. The molecule has 0 saturated carbocycles. The molecule has 1 N–H and O–H groups in total. The predicted octanol–water partition coefficient (Wildman–Crippen LogP) is 1.35. The average Bonchev–Trinajstić information content (AvgIpc) is 2.43. The molecule has 0 bridgehead atoms. The molecule has 21 heavy (non-hydrogen) atoms. The molecule has 0 spiro atoms. The Hall–Kier alpha value is -1.39. The number of benzene rings is 1. The highest BCUT2D eigenvalue weighted by atomic mass is 16.5. The zero-order valence-corrected chi connectivity index (χ0v) is 13.2. The van der Waals surface area contributed by atoms with Crippen LogP contribution in [-0.2, 0) is 4.74 Å². The van der Waals surface area contributed by atoms with Crippen molar-refractivity contribution in [3.8, 4) is 5.75 Å². The minimum absolute atomic E-state index is 0.0482. The number of para-hydroxylation sites is 1. The first kappa shape index (κ1) is 16.0. The zero-order chi connectivity index (χ0) is 15.2. The molecule has 0 amide bonds. The molecular weight excluding hydrogens is 266 g/mol. The topological polar surface area (TPSA) is 40.0 Å². The Kier molecular flexibility index (Phi) is 5.76. The molecule has 4 nitrogen and oxygen atoms in total. The van der Waals surface area contributed by atoms with Crippen molar-refractivity contribution in [3.05, 3.63) is 29.8 Å². The van der Waals surface area contributed by atoms with Crippen molar-refractivity contribution in [2.45, 2.75) is 39.4 Å². The summed E-state index contributed by atoms with van der Waals surface area (Å²) in [4.78, 5) is 13.1. The van der Waals surface area contributed by atoms with Gasteiger partial charge < -0.3 is 14.4 Å². The third-order valence-corrected chi connectivity index (χ3v) is 3.82. The number of hydrogen-bond donors (Lipinski definition) is 1. The number of quaternary nitrogens is 1. The van der Waals surface area contributed by atoms with Crippen molar-refractivity contribution in [3.63, 3.8) is 0 Å². The molecule has 1 aromatic carbocycles. The summed E-state index contributed by atoms with van der Waals surface area (Å²) >= 11 is 0. The molecular formula is C17H26NO3+. The van der Waals surface area contributed by atoms with Gasteiger partial charge >= 0.3 is 0 Å². The van der Waals surface area contributed by atoms with Crippen LogP contribution < -0.4 is 9.64 Å². The zero-order valence-electron chi connectivity index (χ0n) is 13.2. The van der Waals surface area contributed by atoms with Crippen molar-refractivity contribution in [2.24, 2.45) is 0 Å². The molecule has 1 heterocycles. The van der Waals surface area contributed by atoms with Gasteiger partial charge in [0, 0.05) is 6.42 Å². The lowest BCUT2D eigenvalue weighted by Gasteiger charge is -2.32. The quantitative estimate of drug-likeness (QED) is 0.635. The van der Waals surface area contributed by atoms with Crippen LogP contribution >= 0.6 is 0 Å². The molecule has 1 aromatic rings. The molecule has 2 atom stereocenters. The van der Waals surface area contributed by atoms with E-state index in [2.05, 4.69) is 13.8 Å².